The molecular formula is C14H22N2O. The van der Waals surface area contributed by atoms with Gasteiger partial charge in [0, 0.05) is 12.6 Å². The zero-order chi connectivity index (χ0) is 12.3. The van der Waals surface area contributed by atoms with Crippen LogP contribution in [0, 0.1) is 6.92 Å². The normalized spacial score (nSPS) is 21.5. The highest BCUT2D eigenvalue weighted by atomic mass is 16.5. The molecule has 1 aromatic carbocycles. The first-order valence-corrected chi connectivity index (χ1v) is 6.35. The predicted octanol–water partition coefficient (Wildman–Crippen LogP) is 2.27. The largest absolute Gasteiger partial charge is 0.496 e. The topological polar surface area (TPSA) is 38.5 Å². The van der Waals surface area contributed by atoms with E-state index in [-0.39, 0.29) is 0 Å². The quantitative estimate of drug-likeness (QED) is 0.815. The lowest BCUT2D eigenvalue weighted by Crippen LogP contribution is -2.45. The first-order valence-electron chi connectivity index (χ1n) is 6.35. The van der Waals surface area contributed by atoms with Gasteiger partial charge in [-0.25, -0.2) is 5.01 Å². The van der Waals surface area contributed by atoms with E-state index in [1.165, 1.54) is 30.4 Å². The third-order valence-corrected chi connectivity index (χ3v) is 3.60. The summed E-state index contributed by atoms with van der Waals surface area (Å²) in [5, 5.41) is 2.00. The molecule has 1 unspecified atom stereocenters. The maximum Gasteiger partial charge on any atom is 0.121 e. The summed E-state index contributed by atoms with van der Waals surface area (Å²) in [7, 11) is 1.71. The van der Waals surface area contributed by atoms with Crippen molar-refractivity contribution in [1.82, 2.24) is 5.01 Å². The number of aryl methyl sites for hydroxylation is 1. The Hall–Kier alpha value is -1.06. The molecule has 17 heavy (non-hydrogen) atoms. The highest BCUT2D eigenvalue weighted by Crippen LogP contribution is 2.22. The monoisotopic (exact) mass is 234 g/mol. The Bertz CT molecular complexity index is 378. The summed E-state index contributed by atoms with van der Waals surface area (Å²) in [6, 6.07) is 6.90. The van der Waals surface area contributed by atoms with E-state index in [2.05, 4.69) is 19.1 Å². The second-order valence-electron chi connectivity index (χ2n) is 4.90. The molecule has 1 aromatic rings. The van der Waals surface area contributed by atoms with Crippen LogP contribution in [0.15, 0.2) is 18.2 Å². The Morgan fingerprint density at radius 1 is 1.41 bits per heavy atom. The number of nitrogens with two attached hydrogens (primary N) is 1. The molecule has 1 heterocycles. The minimum atomic E-state index is 0.497. The summed E-state index contributed by atoms with van der Waals surface area (Å²) < 4.78 is 5.28. The van der Waals surface area contributed by atoms with Gasteiger partial charge in [-0.2, -0.15) is 0 Å². The molecule has 1 fully saturated rings. The van der Waals surface area contributed by atoms with Crippen LogP contribution in [-0.4, -0.2) is 24.7 Å². The van der Waals surface area contributed by atoms with Crippen molar-refractivity contribution in [3.8, 4) is 5.75 Å². The number of methoxy groups -OCH3 is 1. The van der Waals surface area contributed by atoms with Crippen molar-refractivity contribution in [2.24, 2.45) is 5.84 Å². The molecule has 3 heteroatoms. The van der Waals surface area contributed by atoms with Gasteiger partial charge in [0.25, 0.3) is 0 Å². The zero-order valence-electron chi connectivity index (χ0n) is 10.8. The fraction of sp³-hybridized carbons (Fsp3) is 0.571. The molecule has 0 bridgehead atoms. The highest BCUT2D eigenvalue weighted by molar-refractivity contribution is 5.36. The molecule has 1 atom stereocenters. The Morgan fingerprint density at radius 3 is 2.88 bits per heavy atom. The lowest BCUT2D eigenvalue weighted by Gasteiger charge is -2.32. The molecule has 0 aromatic heterocycles. The molecule has 2 N–H and O–H groups in total. The zero-order valence-corrected chi connectivity index (χ0v) is 10.8. The maximum atomic E-state index is 6.03. The van der Waals surface area contributed by atoms with Gasteiger partial charge >= 0.3 is 0 Å². The maximum absolute atomic E-state index is 6.03. The van der Waals surface area contributed by atoms with Crippen molar-refractivity contribution in [3.05, 3.63) is 29.3 Å². The van der Waals surface area contributed by atoms with Crippen LogP contribution < -0.4 is 10.6 Å². The van der Waals surface area contributed by atoms with E-state index in [0.29, 0.717) is 6.04 Å². The van der Waals surface area contributed by atoms with E-state index in [1.54, 1.807) is 7.11 Å². The Labute approximate surface area is 104 Å². The SMILES string of the molecule is COc1ccc(CC2CCCCN2N)cc1C. The summed E-state index contributed by atoms with van der Waals surface area (Å²) in [5.41, 5.74) is 2.55. The van der Waals surface area contributed by atoms with Crippen LogP contribution in [0.1, 0.15) is 30.4 Å². The molecule has 0 spiro atoms. The number of hydrogen-bond acceptors (Lipinski definition) is 3. The first-order chi connectivity index (χ1) is 8.20. The van der Waals surface area contributed by atoms with Crippen LogP contribution in [-0.2, 0) is 6.42 Å². The lowest BCUT2D eigenvalue weighted by atomic mass is 9.96. The highest BCUT2D eigenvalue weighted by Gasteiger charge is 2.19. The van der Waals surface area contributed by atoms with Gasteiger partial charge in [0.05, 0.1) is 7.11 Å². The van der Waals surface area contributed by atoms with Crippen LogP contribution >= 0.6 is 0 Å². The van der Waals surface area contributed by atoms with Crippen molar-refractivity contribution in [2.75, 3.05) is 13.7 Å². The van der Waals surface area contributed by atoms with Crippen molar-refractivity contribution >= 4 is 0 Å². The first kappa shape index (κ1) is 12.4. The minimum absolute atomic E-state index is 0.497. The van der Waals surface area contributed by atoms with Crippen molar-refractivity contribution in [3.63, 3.8) is 0 Å². The second kappa shape index (κ2) is 5.52. The molecule has 2 rings (SSSR count). The Morgan fingerprint density at radius 2 is 2.24 bits per heavy atom. The molecule has 1 aliphatic heterocycles. The van der Waals surface area contributed by atoms with Gasteiger partial charge in [0.1, 0.15) is 5.75 Å². The van der Waals surface area contributed by atoms with Gasteiger partial charge in [-0.05, 0) is 43.4 Å². The number of piperidine rings is 1. The molecule has 94 valence electrons. The fourth-order valence-electron chi connectivity index (χ4n) is 2.58. The molecule has 0 aliphatic carbocycles. The van der Waals surface area contributed by atoms with Crippen LogP contribution in [0.4, 0.5) is 0 Å². The van der Waals surface area contributed by atoms with Gasteiger partial charge < -0.3 is 4.74 Å². The smallest absolute Gasteiger partial charge is 0.121 e. The van der Waals surface area contributed by atoms with E-state index < -0.39 is 0 Å². The molecule has 3 nitrogen and oxygen atoms in total. The molecule has 0 amide bonds. The predicted molar refractivity (Wildman–Crippen MR) is 70.0 cm³/mol. The number of ether oxygens (including phenoxy) is 1. The molecule has 0 saturated carbocycles. The molecule has 1 aliphatic rings. The summed E-state index contributed by atoms with van der Waals surface area (Å²) in [5.74, 6) is 6.99. The van der Waals surface area contributed by atoms with E-state index in [4.69, 9.17) is 10.6 Å². The van der Waals surface area contributed by atoms with Crippen LogP contribution in [0.3, 0.4) is 0 Å². The van der Waals surface area contributed by atoms with Crippen LogP contribution in [0.2, 0.25) is 0 Å². The van der Waals surface area contributed by atoms with Gasteiger partial charge in [-0.3, -0.25) is 5.84 Å². The van der Waals surface area contributed by atoms with Crippen LogP contribution in [0.5, 0.6) is 5.75 Å². The fourth-order valence-corrected chi connectivity index (χ4v) is 2.58. The minimum Gasteiger partial charge on any atom is -0.496 e. The van der Waals surface area contributed by atoms with Gasteiger partial charge in [0.2, 0.25) is 0 Å². The van der Waals surface area contributed by atoms with Crippen molar-refractivity contribution in [1.29, 1.82) is 0 Å². The Kier molecular flexibility index (Phi) is 4.02. The van der Waals surface area contributed by atoms with Gasteiger partial charge in [0.15, 0.2) is 0 Å². The summed E-state index contributed by atoms with van der Waals surface area (Å²) >= 11 is 0. The number of rotatable bonds is 3. The second-order valence-corrected chi connectivity index (χ2v) is 4.90. The molecule has 1 saturated heterocycles. The number of nitrogens with zero attached hydrogens (tertiary/aromatic N) is 1. The summed E-state index contributed by atoms with van der Waals surface area (Å²) in [6.45, 7) is 3.11. The molecular weight excluding hydrogens is 212 g/mol. The number of hydrazine groups is 1. The van der Waals surface area contributed by atoms with Crippen molar-refractivity contribution < 1.29 is 4.74 Å². The number of benzene rings is 1. The number of hydrogen-bond donors (Lipinski definition) is 1. The van der Waals surface area contributed by atoms with Crippen molar-refractivity contribution in [2.45, 2.75) is 38.6 Å². The summed E-state index contributed by atoms with van der Waals surface area (Å²) in [4.78, 5) is 0. The van der Waals surface area contributed by atoms with E-state index >= 15 is 0 Å². The standard InChI is InChI=1S/C14H22N2O/c1-11-9-12(6-7-14(11)17-2)10-13-5-3-4-8-16(13)15/h6-7,9,13H,3-5,8,10,15H2,1-2H3. The van der Waals surface area contributed by atoms with Gasteiger partial charge in [-0.1, -0.05) is 18.6 Å². The molecule has 0 radical (unpaired) electrons. The lowest BCUT2D eigenvalue weighted by molar-refractivity contribution is 0.150. The average molecular weight is 234 g/mol. The van der Waals surface area contributed by atoms with E-state index in [0.717, 1.165) is 18.7 Å². The van der Waals surface area contributed by atoms with Crippen LogP contribution in [0.25, 0.3) is 0 Å². The third-order valence-electron chi connectivity index (χ3n) is 3.60. The van der Waals surface area contributed by atoms with Gasteiger partial charge in [-0.15, -0.1) is 0 Å². The van der Waals surface area contributed by atoms with E-state index in [9.17, 15) is 0 Å². The summed E-state index contributed by atoms with van der Waals surface area (Å²) in [6.07, 6.45) is 4.78. The average Bonchev–Trinajstić information content (AvgIpc) is 2.32. The Balaban J connectivity index is 2.05. The van der Waals surface area contributed by atoms with E-state index in [1.807, 2.05) is 11.1 Å². The third kappa shape index (κ3) is 2.99.